The summed E-state index contributed by atoms with van der Waals surface area (Å²) < 4.78 is 0. The third-order valence-corrected chi connectivity index (χ3v) is 0. The molecule has 3 nitrogen and oxygen atoms in total. The molecule has 0 aromatic rings. The maximum absolute atomic E-state index is 0. The summed E-state index contributed by atoms with van der Waals surface area (Å²) in [5.74, 6) is 0. The van der Waals surface area contributed by atoms with Crippen molar-refractivity contribution >= 4 is 51.7 Å². The van der Waals surface area contributed by atoms with Crippen LogP contribution in [-0.2, 0) is 19.5 Å². The average Bonchev–Trinajstić information content (AvgIpc) is 0. The molecule has 6 heavy (non-hydrogen) atoms. The van der Waals surface area contributed by atoms with Gasteiger partial charge in [-0.2, -0.15) is 0 Å². The molecule has 0 saturated heterocycles. The number of hydrogen-bond donors (Lipinski definition) is 0. The molecule has 0 saturated carbocycles. The van der Waals surface area contributed by atoms with Gasteiger partial charge in [0.05, 0.1) is 0 Å². The fourth-order valence-corrected chi connectivity index (χ4v) is 0. The molecule has 0 rings (SSSR count). The number of hydrogen-bond acceptors (Lipinski definition) is 0. The Morgan fingerprint density at radius 3 is 0.500 bits per heavy atom. The second kappa shape index (κ2) is 56.1. The van der Waals surface area contributed by atoms with Gasteiger partial charge >= 0.3 is 51.7 Å². The average molecular weight is 355 g/mol. The van der Waals surface area contributed by atoms with Crippen LogP contribution in [0.4, 0.5) is 0 Å². The molecule has 0 aromatic carbocycles. The van der Waals surface area contributed by atoms with Gasteiger partial charge in [-0.15, -0.1) is 0 Å². The Hall–Kier alpha value is 2.24. The first kappa shape index (κ1) is 85.9. The zero-order chi connectivity index (χ0) is 0. The standard InChI is InChI=1S/2In.3H2O.Zn.6H/h;;3*1H2;;;;;;;. The van der Waals surface area contributed by atoms with Crippen molar-refractivity contribution in [2.45, 2.75) is 0 Å². The molecule has 38 valence electrons. The predicted molar refractivity (Wildman–Crippen MR) is 30.7 cm³/mol. The van der Waals surface area contributed by atoms with Crippen LogP contribution in [0.1, 0.15) is 0 Å². The molecule has 6 heteroatoms. The zero-order valence-corrected chi connectivity index (χ0v) is 5.17. The van der Waals surface area contributed by atoms with Gasteiger partial charge in [0.2, 0.25) is 0 Å². The summed E-state index contributed by atoms with van der Waals surface area (Å²) in [6, 6.07) is 0. The normalized spacial score (nSPS) is 0. The van der Waals surface area contributed by atoms with Crippen LogP contribution in [0.15, 0.2) is 0 Å². The summed E-state index contributed by atoms with van der Waals surface area (Å²) in [5, 5.41) is 0. The largest absolute Gasteiger partial charge is 0 e. The van der Waals surface area contributed by atoms with Gasteiger partial charge in [0.1, 0.15) is 0 Å². The van der Waals surface area contributed by atoms with E-state index in [2.05, 4.69) is 0 Å². The van der Waals surface area contributed by atoms with E-state index in [9.17, 15) is 0 Å². The van der Waals surface area contributed by atoms with Crippen molar-refractivity contribution in [3.05, 3.63) is 0 Å². The minimum atomic E-state index is 0. The van der Waals surface area contributed by atoms with Crippen molar-refractivity contribution < 1.29 is 35.9 Å². The van der Waals surface area contributed by atoms with Gasteiger partial charge in [-0.05, 0) is 0 Å². The maximum Gasteiger partial charge on any atom is 0 e. The smallest absolute Gasteiger partial charge is 0 e. The molecular weight excluding hydrogens is 343 g/mol. The van der Waals surface area contributed by atoms with Crippen LogP contribution >= 0.6 is 0 Å². The second-order valence-electron chi connectivity index (χ2n) is 0. The molecule has 0 amide bonds. The fourth-order valence-electron chi connectivity index (χ4n) is 0. The Kier molecular flexibility index (Phi) is 803. The fraction of sp³-hybridized carbons (Fsp3) is 0. The van der Waals surface area contributed by atoms with Crippen molar-refractivity contribution in [1.29, 1.82) is 0 Å². The maximum atomic E-state index is 0. The van der Waals surface area contributed by atoms with Crippen LogP contribution in [0.5, 0.6) is 0 Å². The molecule has 0 spiro atoms. The monoisotopic (exact) mass is 354 g/mol. The van der Waals surface area contributed by atoms with Crippen LogP contribution in [0, 0.1) is 0 Å². The van der Waals surface area contributed by atoms with Crippen LogP contribution in [0.2, 0.25) is 0 Å². The third kappa shape index (κ3) is 34.1. The van der Waals surface area contributed by atoms with E-state index >= 15 is 0 Å². The first-order chi connectivity index (χ1) is 0. The van der Waals surface area contributed by atoms with Crippen LogP contribution < -0.4 is 0 Å². The van der Waals surface area contributed by atoms with Gasteiger partial charge in [0, 0.05) is 19.5 Å². The Bertz CT molecular complexity index is 8.75. The summed E-state index contributed by atoms with van der Waals surface area (Å²) in [7, 11) is 0. The molecule has 0 aliphatic carbocycles. The molecule has 0 bridgehead atoms. The van der Waals surface area contributed by atoms with E-state index < -0.39 is 0 Å². The van der Waals surface area contributed by atoms with E-state index in [0.717, 1.165) is 0 Å². The second-order valence-corrected chi connectivity index (χ2v) is 0. The van der Waals surface area contributed by atoms with Gasteiger partial charge in [-0.3, -0.25) is 0 Å². The van der Waals surface area contributed by atoms with Gasteiger partial charge in [-0.1, -0.05) is 0 Å². The minimum Gasteiger partial charge on any atom is 0 e. The minimum absolute atomic E-state index is 0. The van der Waals surface area contributed by atoms with Gasteiger partial charge in [0.25, 0.3) is 0 Å². The van der Waals surface area contributed by atoms with Crippen LogP contribution in [0.25, 0.3) is 0 Å². The molecule has 0 fully saturated rings. The molecule has 0 radical (unpaired) electrons. The Labute approximate surface area is 86.5 Å². The van der Waals surface area contributed by atoms with Crippen LogP contribution in [-0.4, -0.2) is 68.1 Å². The summed E-state index contributed by atoms with van der Waals surface area (Å²) in [6.45, 7) is 0. The molecule has 0 atom stereocenters. The van der Waals surface area contributed by atoms with Crippen molar-refractivity contribution in [2.24, 2.45) is 0 Å². The molecule has 0 heterocycles. The van der Waals surface area contributed by atoms with Gasteiger partial charge in [0.15, 0.2) is 0 Å². The van der Waals surface area contributed by atoms with Crippen molar-refractivity contribution in [1.82, 2.24) is 0 Å². The van der Waals surface area contributed by atoms with E-state index in [1.54, 1.807) is 0 Å². The van der Waals surface area contributed by atoms with Crippen molar-refractivity contribution in [2.75, 3.05) is 0 Å². The Balaban J connectivity index is 0. The predicted octanol–water partition coefficient (Wildman–Crippen LogP) is -4.84. The first-order valence-electron chi connectivity index (χ1n) is 0. The Morgan fingerprint density at radius 2 is 0.500 bits per heavy atom. The topological polar surface area (TPSA) is 94.5 Å². The zero-order valence-electron chi connectivity index (χ0n) is 2.21. The van der Waals surface area contributed by atoms with E-state index in [4.69, 9.17) is 0 Å². The van der Waals surface area contributed by atoms with Gasteiger partial charge in [-0.25, -0.2) is 0 Å². The van der Waals surface area contributed by atoms with E-state index in [1.807, 2.05) is 0 Å². The van der Waals surface area contributed by atoms with Crippen LogP contribution in [0.3, 0.4) is 0 Å². The molecule has 0 aliphatic rings. The summed E-state index contributed by atoms with van der Waals surface area (Å²) >= 11 is 0. The summed E-state index contributed by atoms with van der Waals surface area (Å²) in [6.07, 6.45) is 0. The summed E-state index contributed by atoms with van der Waals surface area (Å²) in [5.41, 5.74) is 0. The van der Waals surface area contributed by atoms with E-state index in [-0.39, 0.29) is 87.6 Å². The van der Waals surface area contributed by atoms with E-state index in [1.165, 1.54) is 0 Å². The van der Waals surface area contributed by atoms with Crippen molar-refractivity contribution in [3.63, 3.8) is 0 Å². The van der Waals surface area contributed by atoms with Crippen molar-refractivity contribution in [3.8, 4) is 0 Å². The Morgan fingerprint density at radius 1 is 0.500 bits per heavy atom. The third-order valence-electron chi connectivity index (χ3n) is 0. The molecule has 0 aliphatic heterocycles. The van der Waals surface area contributed by atoms with E-state index in [0.29, 0.717) is 0 Å². The molecule has 6 N–H and O–H groups in total. The van der Waals surface area contributed by atoms with Gasteiger partial charge < -0.3 is 16.4 Å². The molecule has 0 aromatic heterocycles. The SMILES string of the molecule is O.O.O.[InH3].[InH3].[Zn]. The molecule has 0 unspecified atom stereocenters. The first-order valence-corrected chi connectivity index (χ1v) is 0. The number of rotatable bonds is 0. The quantitative estimate of drug-likeness (QED) is 0.390. The molecular formula is H12In2O3Zn. The summed E-state index contributed by atoms with van der Waals surface area (Å²) in [4.78, 5) is 0.